The highest BCUT2D eigenvalue weighted by molar-refractivity contribution is 6.42. The molecule has 0 atom stereocenters. The molecule has 0 radical (unpaired) electrons. The fourth-order valence-electron chi connectivity index (χ4n) is 1.73. The molecule has 0 unspecified atom stereocenters. The van der Waals surface area contributed by atoms with Crippen molar-refractivity contribution in [1.82, 2.24) is 0 Å². The molecule has 0 heterocycles. The zero-order chi connectivity index (χ0) is 13.8. The molecule has 0 fully saturated rings. The molecule has 2 rings (SSSR count). The first-order valence-electron chi connectivity index (χ1n) is 5.85. The maximum Gasteiger partial charge on any atom is 0.196 e. The van der Waals surface area contributed by atoms with E-state index in [0.717, 1.165) is 0 Å². The summed E-state index contributed by atoms with van der Waals surface area (Å²) >= 11 is 11.8. The average Bonchev–Trinajstić information content (AvgIpc) is 2.42. The Bertz CT molecular complexity index is 609. The Balaban J connectivity index is 2.41. The van der Waals surface area contributed by atoms with Crippen LogP contribution in [-0.2, 0) is 0 Å². The van der Waals surface area contributed by atoms with Gasteiger partial charge in [-0.3, -0.25) is 4.79 Å². The number of ether oxygens (including phenoxy) is 1. The lowest BCUT2D eigenvalue weighted by molar-refractivity contribution is 0.103. The topological polar surface area (TPSA) is 26.3 Å². The van der Waals surface area contributed by atoms with Crippen molar-refractivity contribution in [3.63, 3.8) is 0 Å². The van der Waals surface area contributed by atoms with Crippen LogP contribution in [0.15, 0.2) is 42.5 Å². The fraction of sp³-hybridized carbons (Fsp3) is 0.133. The first-order chi connectivity index (χ1) is 9.13. The third-order valence-corrected chi connectivity index (χ3v) is 3.35. The lowest BCUT2D eigenvalue weighted by Crippen LogP contribution is -2.05. The maximum absolute atomic E-state index is 12.4. The Morgan fingerprint density at radius 3 is 2.53 bits per heavy atom. The second-order valence-electron chi connectivity index (χ2n) is 3.89. The number of carbonyl (C=O) groups excluding carboxylic acids is 1. The smallest absolute Gasteiger partial charge is 0.196 e. The normalized spacial score (nSPS) is 10.3. The van der Waals surface area contributed by atoms with Crippen molar-refractivity contribution in [3.05, 3.63) is 63.6 Å². The van der Waals surface area contributed by atoms with E-state index in [2.05, 4.69) is 0 Å². The molecule has 0 aliphatic heterocycles. The van der Waals surface area contributed by atoms with Gasteiger partial charge in [-0.1, -0.05) is 35.3 Å². The molecule has 98 valence electrons. The summed E-state index contributed by atoms with van der Waals surface area (Å²) in [5.41, 5.74) is 1.00. The van der Waals surface area contributed by atoms with Gasteiger partial charge in [0.2, 0.25) is 0 Å². The predicted octanol–water partition coefficient (Wildman–Crippen LogP) is 4.62. The van der Waals surface area contributed by atoms with Gasteiger partial charge in [-0.25, -0.2) is 0 Å². The summed E-state index contributed by atoms with van der Waals surface area (Å²) in [5.74, 6) is 0.434. The van der Waals surface area contributed by atoms with Crippen molar-refractivity contribution in [3.8, 4) is 5.75 Å². The Morgan fingerprint density at radius 2 is 1.84 bits per heavy atom. The van der Waals surface area contributed by atoms with Crippen LogP contribution in [0.2, 0.25) is 10.0 Å². The second kappa shape index (κ2) is 6.09. The van der Waals surface area contributed by atoms with Crippen LogP contribution >= 0.6 is 23.2 Å². The van der Waals surface area contributed by atoms with Crippen LogP contribution in [0.1, 0.15) is 22.8 Å². The molecule has 2 aromatic carbocycles. The molecule has 0 aliphatic carbocycles. The van der Waals surface area contributed by atoms with Gasteiger partial charge in [0.25, 0.3) is 0 Å². The van der Waals surface area contributed by atoms with Crippen molar-refractivity contribution < 1.29 is 9.53 Å². The van der Waals surface area contributed by atoms with Gasteiger partial charge in [-0.2, -0.15) is 0 Å². The molecule has 0 bridgehead atoms. The van der Waals surface area contributed by atoms with Gasteiger partial charge < -0.3 is 4.74 Å². The molecule has 0 saturated carbocycles. The van der Waals surface area contributed by atoms with E-state index in [0.29, 0.717) is 33.5 Å². The van der Waals surface area contributed by atoms with E-state index in [1.807, 2.05) is 13.0 Å². The van der Waals surface area contributed by atoms with E-state index in [1.165, 1.54) is 0 Å². The third kappa shape index (κ3) is 3.09. The predicted molar refractivity (Wildman–Crippen MR) is 77.5 cm³/mol. The van der Waals surface area contributed by atoms with E-state index in [1.54, 1.807) is 36.4 Å². The zero-order valence-corrected chi connectivity index (χ0v) is 11.8. The summed E-state index contributed by atoms with van der Waals surface area (Å²) in [6.07, 6.45) is 0. The molecular weight excluding hydrogens is 283 g/mol. The molecule has 0 spiro atoms. The molecule has 2 nitrogen and oxygen atoms in total. The minimum absolute atomic E-state index is 0.136. The van der Waals surface area contributed by atoms with Gasteiger partial charge in [-0.15, -0.1) is 0 Å². The van der Waals surface area contributed by atoms with Gasteiger partial charge in [0, 0.05) is 5.56 Å². The minimum Gasteiger partial charge on any atom is -0.493 e. The van der Waals surface area contributed by atoms with Crippen LogP contribution in [0.25, 0.3) is 0 Å². The first kappa shape index (κ1) is 13.9. The first-order valence-corrected chi connectivity index (χ1v) is 6.60. The number of benzene rings is 2. The Labute approximate surface area is 121 Å². The van der Waals surface area contributed by atoms with Gasteiger partial charge in [-0.05, 0) is 37.3 Å². The van der Waals surface area contributed by atoms with Crippen LogP contribution in [0.4, 0.5) is 0 Å². The summed E-state index contributed by atoms with van der Waals surface area (Å²) in [5, 5.41) is 0.790. The number of hydrogen-bond acceptors (Lipinski definition) is 2. The fourth-order valence-corrected chi connectivity index (χ4v) is 2.03. The zero-order valence-electron chi connectivity index (χ0n) is 10.3. The molecule has 0 aliphatic rings. The summed E-state index contributed by atoms with van der Waals surface area (Å²) in [6, 6.07) is 12.0. The number of halogens is 2. The lowest BCUT2D eigenvalue weighted by atomic mass is 10.0. The molecule has 0 saturated heterocycles. The number of hydrogen-bond donors (Lipinski definition) is 0. The molecule has 0 N–H and O–H groups in total. The van der Waals surface area contributed by atoms with Gasteiger partial charge in [0.15, 0.2) is 5.78 Å². The van der Waals surface area contributed by atoms with E-state index < -0.39 is 0 Å². The SMILES string of the molecule is CCOc1ccccc1C(=O)c1ccc(Cl)c(Cl)c1. The number of para-hydroxylation sites is 1. The Hall–Kier alpha value is -1.51. The highest BCUT2D eigenvalue weighted by Crippen LogP contribution is 2.26. The van der Waals surface area contributed by atoms with Crippen LogP contribution in [0, 0.1) is 0 Å². The van der Waals surface area contributed by atoms with E-state index in [9.17, 15) is 4.79 Å². The second-order valence-corrected chi connectivity index (χ2v) is 4.70. The van der Waals surface area contributed by atoms with Crippen molar-refractivity contribution in [2.75, 3.05) is 6.61 Å². The molecule has 2 aromatic rings. The highest BCUT2D eigenvalue weighted by Gasteiger charge is 2.15. The number of carbonyl (C=O) groups is 1. The minimum atomic E-state index is -0.136. The molecule has 0 amide bonds. The lowest BCUT2D eigenvalue weighted by Gasteiger charge is -2.09. The molecule has 4 heteroatoms. The quantitative estimate of drug-likeness (QED) is 0.769. The average molecular weight is 295 g/mol. The van der Waals surface area contributed by atoms with Gasteiger partial charge >= 0.3 is 0 Å². The van der Waals surface area contributed by atoms with Crippen molar-refractivity contribution in [1.29, 1.82) is 0 Å². The van der Waals surface area contributed by atoms with Crippen molar-refractivity contribution in [2.45, 2.75) is 6.92 Å². The molecular formula is C15H12Cl2O2. The van der Waals surface area contributed by atoms with Crippen molar-refractivity contribution >= 4 is 29.0 Å². The van der Waals surface area contributed by atoms with Gasteiger partial charge in [0.05, 0.1) is 22.2 Å². The van der Waals surface area contributed by atoms with Crippen LogP contribution in [0.5, 0.6) is 5.75 Å². The maximum atomic E-state index is 12.4. The van der Waals surface area contributed by atoms with Crippen LogP contribution in [-0.4, -0.2) is 12.4 Å². The number of rotatable bonds is 4. The monoisotopic (exact) mass is 294 g/mol. The number of ketones is 1. The Morgan fingerprint density at radius 1 is 1.11 bits per heavy atom. The summed E-state index contributed by atoms with van der Waals surface area (Å²) < 4.78 is 5.45. The van der Waals surface area contributed by atoms with Crippen LogP contribution < -0.4 is 4.74 Å². The summed E-state index contributed by atoms with van der Waals surface area (Å²) in [6.45, 7) is 2.38. The van der Waals surface area contributed by atoms with E-state index in [4.69, 9.17) is 27.9 Å². The largest absolute Gasteiger partial charge is 0.493 e. The highest BCUT2D eigenvalue weighted by atomic mass is 35.5. The standard InChI is InChI=1S/C15H12Cl2O2/c1-2-19-14-6-4-3-5-11(14)15(18)10-7-8-12(16)13(17)9-10/h3-9H,2H2,1H3. The van der Waals surface area contributed by atoms with Crippen molar-refractivity contribution in [2.24, 2.45) is 0 Å². The molecule has 19 heavy (non-hydrogen) atoms. The summed E-state index contributed by atoms with van der Waals surface area (Å²) in [4.78, 5) is 12.4. The van der Waals surface area contributed by atoms with Gasteiger partial charge in [0.1, 0.15) is 5.75 Å². The van der Waals surface area contributed by atoms with Crippen LogP contribution in [0.3, 0.4) is 0 Å². The summed E-state index contributed by atoms with van der Waals surface area (Å²) in [7, 11) is 0. The van der Waals surface area contributed by atoms with E-state index >= 15 is 0 Å². The third-order valence-electron chi connectivity index (χ3n) is 2.61. The van der Waals surface area contributed by atoms with E-state index in [-0.39, 0.29) is 5.78 Å². The molecule has 0 aromatic heterocycles. The Kier molecular flexibility index (Phi) is 4.46.